The summed E-state index contributed by atoms with van der Waals surface area (Å²) in [6.45, 7) is 3.90. The molecule has 1 aliphatic rings. The first-order valence-corrected chi connectivity index (χ1v) is 6.95. The van der Waals surface area contributed by atoms with Crippen molar-refractivity contribution in [2.24, 2.45) is 10.9 Å². The van der Waals surface area contributed by atoms with E-state index in [0.29, 0.717) is 12.6 Å². The Balaban J connectivity index is 2.42. The summed E-state index contributed by atoms with van der Waals surface area (Å²) in [5.74, 6) is 0.465. The number of aliphatic imine (C=N–C) groups is 1. The van der Waals surface area contributed by atoms with Gasteiger partial charge < -0.3 is 20.3 Å². The Kier molecular flexibility index (Phi) is 6.83. The molecule has 0 aromatic carbocycles. The molecule has 0 atom stereocenters. The molecule has 0 bridgehead atoms. The molecule has 114 valence electrons. The first kappa shape index (κ1) is 16.3. The number of likely N-dealkylation sites (N-methyl/N-ethyl adjacent to an activating group) is 1. The van der Waals surface area contributed by atoms with Crippen LogP contribution in [-0.4, -0.2) is 63.1 Å². The number of hydrogen-bond acceptors (Lipinski definition) is 4. The van der Waals surface area contributed by atoms with Crippen LogP contribution in [-0.2, 0) is 14.3 Å². The van der Waals surface area contributed by atoms with E-state index < -0.39 is 0 Å². The van der Waals surface area contributed by atoms with E-state index in [4.69, 9.17) is 4.74 Å². The van der Waals surface area contributed by atoms with Gasteiger partial charge >= 0.3 is 5.97 Å². The Morgan fingerprint density at radius 1 is 1.35 bits per heavy atom. The molecule has 1 saturated heterocycles. The van der Waals surface area contributed by atoms with Gasteiger partial charge in [-0.1, -0.05) is 0 Å². The zero-order valence-electron chi connectivity index (χ0n) is 12.4. The zero-order valence-corrected chi connectivity index (χ0v) is 12.4. The summed E-state index contributed by atoms with van der Waals surface area (Å²) in [5, 5.41) is 5.55. The van der Waals surface area contributed by atoms with Gasteiger partial charge in [0.1, 0.15) is 0 Å². The third-order valence-corrected chi connectivity index (χ3v) is 3.31. The summed E-state index contributed by atoms with van der Waals surface area (Å²) in [4.78, 5) is 29.1. The van der Waals surface area contributed by atoms with Crippen LogP contribution in [0.2, 0.25) is 0 Å². The second-order valence-corrected chi connectivity index (χ2v) is 4.59. The lowest BCUT2D eigenvalue weighted by Crippen LogP contribution is -2.48. The maximum Gasteiger partial charge on any atom is 0.309 e. The average Bonchev–Trinajstić information content (AvgIpc) is 2.48. The van der Waals surface area contributed by atoms with Crippen molar-refractivity contribution in [2.45, 2.75) is 19.8 Å². The third kappa shape index (κ3) is 4.71. The van der Waals surface area contributed by atoms with Gasteiger partial charge in [-0.05, 0) is 19.8 Å². The van der Waals surface area contributed by atoms with Gasteiger partial charge in [-0.15, -0.1) is 0 Å². The summed E-state index contributed by atoms with van der Waals surface area (Å²) >= 11 is 0. The Morgan fingerprint density at radius 2 is 2.00 bits per heavy atom. The van der Waals surface area contributed by atoms with E-state index in [9.17, 15) is 9.59 Å². The predicted molar refractivity (Wildman–Crippen MR) is 76.4 cm³/mol. The SMILES string of the molecule is CCOC(=O)C1CCN(C(=NC)NCC(=O)NC)CC1. The van der Waals surface area contributed by atoms with Gasteiger partial charge in [0.15, 0.2) is 5.96 Å². The second kappa shape index (κ2) is 8.39. The van der Waals surface area contributed by atoms with Crippen molar-refractivity contribution >= 4 is 17.8 Å². The molecule has 1 fully saturated rings. The lowest BCUT2D eigenvalue weighted by molar-refractivity contribution is -0.149. The highest BCUT2D eigenvalue weighted by atomic mass is 16.5. The van der Waals surface area contributed by atoms with Crippen LogP contribution in [0.15, 0.2) is 4.99 Å². The highest BCUT2D eigenvalue weighted by Gasteiger charge is 2.27. The first-order chi connectivity index (χ1) is 9.62. The van der Waals surface area contributed by atoms with E-state index in [1.807, 2.05) is 6.92 Å². The largest absolute Gasteiger partial charge is 0.466 e. The molecule has 0 aliphatic carbocycles. The van der Waals surface area contributed by atoms with Crippen molar-refractivity contribution in [3.63, 3.8) is 0 Å². The molecule has 1 heterocycles. The fourth-order valence-electron chi connectivity index (χ4n) is 2.17. The molecular formula is C13H24N4O3. The minimum atomic E-state index is -0.111. The molecule has 7 heteroatoms. The third-order valence-electron chi connectivity index (χ3n) is 3.31. The molecule has 0 unspecified atom stereocenters. The fraction of sp³-hybridized carbons (Fsp3) is 0.769. The van der Waals surface area contributed by atoms with Crippen molar-refractivity contribution < 1.29 is 14.3 Å². The van der Waals surface area contributed by atoms with Gasteiger partial charge in [0.25, 0.3) is 0 Å². The number of nitrogens with one attached hydrogen (secondary N) is 2. The molecule has 1 amide bonds. The highest BCUT2D eigenvalue weighted by Crippen LogP contribution is 2.18. The minimum absolute atomic E-state index is 0.0248. The summed E-state index contributed by atoms with van der Waals surface area (Å²) in [6.07, 6.45) is 1.50. The number of ether oxygens (including phenoxy) is 1. The molecule has 0 radical (unpaired) electrons. The lowest BCUT2D eigenvalue weighted by atomic mass is 9.97. The molecule has 20 heavy (non-hydrogen) atoms. The van der Waals surface area contributed by atoms with E-state index in [1.165, 1.54) is 0 Å². The van der Waals surface area contributed by atoms with Crippen LogP contribution >= 0.6 is 0 Å². The molecule has 2 N–H and O–H groups in total. The van der Waals surface area contributed by atoms with Gasteiger partial charge in [0, 0.05) is 27.2 Å². The Bertz CT molecular complexity index is 363. The number of likely N-dealkylation sites (tertiary alicyclic amines) is 1. The van der Waals surface area contributed by atoms with Crippen molar-refractivity contribution in [2.75, 3.05) is 40.3 Å². The maximum absolute atomic E-state index is 11.7. The molecule has 1 rings (SSSR count). The quantitative estimate of drug-likeness (QED) is 0.416. The maximum atomic E-state index is 11.7. The predicted octanol–water partition coefficient (Wildman–Crippen LogP) is -0.417. The zero-order chi connectivity index (χ0) is 15.0. The van der Waals surface area contributed by atoms with Crippen molar-refractivity contribution in [1.29, 1.82) is 0 Å². The molecule has 0 saturated carbocycles. The van der Waals surface area contributed by atoms with Gasteiger partial charge in [0.2, 0.25) is 5.91 Å². The minimum Gasteiger partial charge on any atom is -0.466 e. The number of nitrogens with zero attached hydrogens (tertiary/aromatic N) is 2. The van der Waals surface area contributed by atoms with E-state index in [-0.39, 0.29) is 24.3 Å². The molecular weight excluding hydrogens is 260 g/mol. The Labute approximate surface area is 119 Å². The van der Waals surface area contributed by atoms with Crippen LogP contribution in [0, 0.1) is 5.92 Å². The first-order valence-electron chi connectivity index (χ1n) is 6.95. The van der Waals surface area contributed by atoms with Crippen LogP contribution < -0.4 is 10.6 Å². The lowest BCUT2D eigenvalue weighted by Gasteiger charge is -2.33. The van der Waals surface area contributed by atoms with Gasteiger partial charge in [-0.3, -0.25) is 14.6 Å². The van der Waals surface area contributed by atoms with Gasteiger partial charge in [-0.25, -0.2) is 0 Å². The van der Waals surface area contributed by atoms with Crippen molar-refractivity contribution in [3.8, 4) is 0 Å². The molecule has 0 aromatic rings. The van der Waals surface area contributed by atoms with Crippen molar-refractivity contribution in [1.82, 2.24) is 15.5 Å². The van der Waals surface area contributed by atoms with Gasteiger partial charge in [-0.2, -0.15) is 0 Å². The molecule has 0 aromatic heterocycles. The highest BCUT2D eigenvalue weighted by molar-refractivity contribution is 5.86. The topological polar surface area (TPSA) is 83.0 Å². The fourth-order valence-corrected chi connectivity index (χ4v) is 2.17. The number of hydrogen-bond donors (Lipinski definition) is 2. The average molecular weight is 284 g/mol. The number of piperidine rings is 1. The van der Waals surface area contributed by atoms with Crippen LogP contribution in [0.5, 0.6) is 0 Å². The molecule has 1 aliphatic heterocycles. The number of carbonyl (C=O) groups is 2. The normalized spacial score (nSPS) is 16.8. The summed E-state index contributed by atoms with van der Waals surface area (Å²) in [7, 11) is 3.28. The van der Waals surface area contributed by atoms with E-state index in [2.05, 4.69) is 20.5 Å². The standard InChI is InChI=1S/C13H24N4O3/c1-4-20-12(19)10-5-7-17(8-6-10)13(15-3)16-9-11(18)14-2/h10H,4-9H2,1-3H3,(H,14,18)(H,15,16). The number of esters is 1. The Hall–Kier alpha value is -1.79. The monoisotopic (exact) mass is 284 g/mol. The van der Waals surface area contributed by atoms with E-state index in [0.717, 1.165) is 25.9 Å². The van der Waals surface area contributed by atoms with E-state index in [1.54, 1.807) is 14.1 Å². The van der Waals surface area contributed by atoms with Crippen LogP contribution in [0.3, 0.4) is 0 Å². The smallest absolute Gasteiger partial charge is 0.309 e. The number of guanidine groups is 1. The molecule has 7 nitrogen and oxygen atoms in total. The Morgan fingerprint density at radius 3 is 2.50 bits per heavy atom. The number of amides is 1. The number of carbonyl (C=O) groups excluding carboxylic acids is 2. The van der Waals surface area contributed by atoms with Crippen LogP contribution in [0.25, 0.3) is 0 Å². The summed E-state index contributed by atoms with van der Waals surface area (Å²) < 4.78 is 5.04. The van der Waals surface area contributed by atoms with Crippen LogP contribution in [0.1, 0.15) is 19.8 Å². The number of rotatable bonds is 4. The van der Waals surface area contributed by atoms with Crippen LogP contribution in [0.4, 0.5) is 0 Å². The van der Waals surface area contributed by atoms with E-state index >= 15 is 0 Å². The van der Waals surface area contributed by atoms with Gasteiger partial charge in [0.05, 0.1) is 19.1 Å². The summed E-state index contributed by atoms with van der Waals surface area (Å²) in [6, 6.07) is 0. The molecule has 0 spiro atoms. The van der Waals surface area contributed by atoms with Crippen molar-refractivity contribution in [3.05, 3.63) is 0 Å². The second-order valence-electron chi connectivity index (χ2n) is 4.59. The summed E-state index contributed by atoms with van der Waals surface area (Å²) in [5.41, 5.74) is 0.